The molecule has 2 aliphatic carbocycles. The number of rotatable bonds is 14. The summed E-state index contributed by atoms with van der Waals surface area (Å²) >= 11 is 6.42. The number of hydrogen-bond donors (Lipinski definition) is 5. The molecule has 6 N–H and O–H groups in total. The van der Waals surface area contributed by atoms with Crippen molar-refractivity contribution in [2.24, 2.45) is 34.1 Å². The SMILES string of the molecule is CC.CC.COc1cc(OC)c(/C(CC2CC(C(=O)N[C@@H](CC3CC3)C(C)O)N(C(=O)C(NC(=O)CC3CCCCC3)C(C)(C)C)C2)=N/O)cc1Cl.NC=O. The smallest absolute Gasteiger partial charge is 0.246 e. The number of aliphatic hydroxyl groups excluding tert-OH is 1. The normalized spacial score (nSPS) is 20.1. The Balaban J connectivity index is 0.00000202. The molecule has 3 fully saturated rings. The van der Waals surface area contributed by atoms with Crippen LogP contribution in [0.5, 0.6) is 11.5 Å². The Morgan fingerprint density at radius 2 is 1.55 bits per heavy atom. The molecule has 13 nitrogen and oxygen atoms in total. The fourth-order valence-corrected chi connectivity index (χ4v) is 7.42. The Labute approximate surface area is 334 Å². The first-order valence-corrected chi connectivity index (χ1v) is 20.4. The number of nitrogens with one attached hydrogen (secondary N) is 2. The molecular weight excluding hydrogens is 726 g/mol. The lowest BCUT2D eigenvalue weighted by Crippen LogP contribution is -2.58. The molecule has 0 aromatic heterocycles. The Hall–Kier alpha value is -3.58. The summed E-state index contributed by atoms with van der Waals surface area (Å²) in [5, 5.41) is 30.6. The fraction of sp³-hybridized carbons (Fsp3) is 0.732. The van der Waals surface area contributed by atoms with E-state index in [0.29, 0.717) is 58.9 Å². The maximum absolute atomic E-state index is 14.5. The van der Waals surface area contributed by atoms with E-state index < -0.39 is 29.6 Å². The van der Waals surface area contributed by atoms with Gasteiger partial charge in [-0.2, -0.15) is 0 Å². The van der Waals surface area contributed by atoms with Crippen molar-refractivity contribution in [3.63, 3.8) is 0 Å². The van der Waals surface area contributed by atoms with Gasteiger partial charge in [0.2, 0.25) is 24.1 Å². The molecule has 314 valence electrons. The highest BCUT2D eigenvalue weighted by Crippen LogP contribution is 2.37. The number of ether oxygens (including phenoxy) is 2. The van der Waals surface area contributed by atoms with Crippen LogP contribution in [-0.2, 0) is 19.2 Å². The first-order chi connectivity index (χ1) is 26.2. The van der Waals surface area contributed by atoms with Crippen LogP contribution in [0, 0.1) is 23.2 Å². The van der Waals surface area contributed by atoms with E-state index in [1.807, 2.05) is 48.5 Å². The summed E-state index contributed by atoms with van der Waals surface area (Å²) in [6.45, 7) is 15.6. The second-order valence-electron chi connectivity index (χ2n) is 15.3. The summed E-state index contributed by atoms with van der Waals surface area (Å²) in [6, 6.07) is 1.09. The van der Waals surface area contributed by atoms with E-state index in [9.17, 15) is 24.7 Å². The highest BCUT2D eigenvalue weighted by atomic mass is 35.5. The molecule has 1 aromatic rings. The number of aliphatic hydroxyl groups is 1. The number of hydrogen-bond acceptors (Lipinski definition) is 9. The summed E-state index contributed by atoms with van der Waals surface area (Å²) < 4.78 is 10.9. The van der Waals surface area contributed by atoms with Gasteiger partial charge in [-0.3, -0.25) is 19.2 Å². The van der Waals surface area contributed by atoms with Crippen molar-refractivity contribution in [1.82, 2.24) is 15.5 Å². The van der Waals surface area contributed by atoms with Gasteiger partial charge in [-0.05, 0) is 68.3 Å². The van der Waals surface area contributed by atoms with Crippen LogP contribution in [0.1, 0.15) is 132 Å². The maximum atomic E-state index is 14.5. The van der Waals surface area contributed by atoms with Crippen molar-refractivity contribution in [1.29, 1.82) is 0 Å². The number of primary amides is 1. The van der Waals surface area contributed by atoms with Crippen LogP contribution < -0.4 is 25.8 Å². The second kappa shape index (κ2) is 24.8. The maximum Gasteiger partial charge on any atom is 0.246 e. The Morgan fingerprint density at radius 3 is 2.04 bits per heavy atom. The highest BCUT2D eigenvalue weighted by Gasteiger charge is 2.46. The topological polar surface area (TPSA) is 193 Å². The number of halogens is 1. The Kier molecular flexibility index (Phi) is 22.3. The van der Waals surface area contributed by atoms with Crippen molar-refractivity contribution < 1.29 is 39.0 Å². The van der Waals surface area contributed by atoms with Crippen LogP contribution in [0.15, 0.2) is 17.3 Å². The molecule has 0 radical (unpaired) electrons. The van der Waals surface area contributed by atoms with E-state index in [-0.39, 0.29) is 43.0 Å². The summed E-state index contributed by atoms with van der Waals surface area (Å²) in [6.07, 6.45) is 8.68. The van der Waals surface area contributed by atoms with Gasteiger partial charge in [0.15, 0.2) is 0 Å². The molecule has 5 atom stereocenters. The zero-order chi connectivity index (χ0) is 41.9. The number of amides is 4. The molecule has 4 rings (SSSR count). The average Bonchev–Trinajstić information content (AvgIpc) is 3.89. The standard InChI is InChI=1S/C36H55ClN4O7.2C2H6.CH3NO/c1-21(42)27(14-23-12-13-23)38-34(44)29-16-24(15-28(40-46)25-18-26(37)31(48-6)19-30(25)47-5)20-41(29)35(45)33(36(2,3)4)39-32(43)17-22-10-8-7-9-11-22;2*1-2;2-1-3/h18-19,21-24,27,29,33,42,46H,7-17,20H2,1-6H3,(H,38,44)(H,39,43);2*1-2H3;1H,(H2,2,3)/b40-28+;;;/t21?,24?,27-,29?,33?;;;/m0.../s1. The number of oxime groups is 1. The lowest BCUT2D eigenvalue weighted by molar-refractivity contribution is -0.144. The third kappa shape index (κ3) is 15.5. The van der Waals surface area contributed by atoms with Gasteiger partial charge < -0.3 is 41.1 Å². The zero-order valence-electron chi connectivity index (χ0n) is 35.0. The summed E-state index contributed by atoms with van der Waals surface area (Å²) in [4.78, 5) is 51.9. The van der Waals surface area contributed by atoms with Crippen LogP contribution in [-0.4, -0.2) is 90.1 Å². The minimum atomic E-state index is -0.854. The van der Waals surface area contributed by atoms with E-state index >= 15 is 0 Å². The predicted molar refractivity (Wildman–Crippen MR) is 218 cm³/mol. The molecule has 14 heteroatoms. The van der Waals surface area contributed by atoms with Gasteiger partial charge >= 0.3 is 0 Å². The minimum absolute atomic E-state index is 0.149. The van der Waals surface area contributed by atoms with E-state index in [1.165, 1.54) is 20.6 Å². The number of carbonyl (C=O) groups is 4. The number of benzene rings is 1. The van der Waals surface area contributed by atoms with Crippen LogP contribution in [0.3, 0.4) is 0 Å². The molecule has 3 aliphatic rings. The van der Waals surface area contributed by atoms with E-state index in [0.717, 1.165) is 38.5 Å². The summed E-state index contributed by atoms with van der Waals surface area (Å²) in [5.74, 6) is 0.499. The molecule has 2 saturated carbocycles. The fourth-order valence-electron chi connectivity index (χ4n) is 7.18. The summed E-state index contributed by atoms with van der Waals surface area (Å²) in [7, 11) is 2.99. The van der Waals surface area contributed by atoms with Crippen molar-refractivity contribution in [3.8, 4) is 11.5 Å². The van der Waals surface area contributed by atoms with E-state index in [1.54, 1.807) is 24.0 Å². The third-order valence-electron chi connectivity index (χ3n) is 10.2. The molecule has 0 bridgehead atoms. The van der Waals surface area contributed by atoms with Crippen LogP contribution in [0.4, 0.5) is 0 Å². The van der Waals surface area contributed by atoms with Gasteiger partial charge in [0.1, 0.15) is 23.6 Å². The molecule has 4 unspecified atom stereocenters. The zero-order valence-corrected chi connectivity index (χ0v) is 35.7. The van der Waals surface area contributed by atoms with Crippen LogP contribution >= 0.6 is 11.6 Å². The van der Waals surface area contributed by atoms with Gasteiger partial charge in [0.25, 0.3) is 0 Å². The average molecular weight is 796 g/mol. The van der Waals surface area contributed by atoms with Gasteiger partial charge in [-0.1, -0.05) is 97.3 Å². The van der Waals surface area contributed by atoms with Crippen LogP contribution in [0.2, 0.25) is 5.02 Å². The van der Waals surface area contributed by atoms with Crippen molar-refractivity contribution >= 4 is 41.4 Å². The molecule has 1 aromatic carbocycles. The highest BCUT2D eigenvalue weighted by molar-refractivity contribution is 6.32. The summed E-state index contributed by atoms with van der Waals surface area (Å²) in [5.41, 5.74) is 4.30. The van der Waals surface area contributed by atoms with Crippen molar-refractivity contribution in [2.75, 3.05) is 20.8 Å². The van der Waals surface area contributed by atoms with Crippen LogP contribution in [0.25, 0.3) is 0 Å². The van der Waals surface area contributed by atoms with Gasteiger partial charge in [0, 0.05) is 24.6 Å². The molecule has 55 heavy (non-hydrogen) atoms. The first kappa shape index (κ1) is 49.4. The van der Waals surface area contributed by atoms with Crippen molar-refractivity contribution in [3.05, 3.63) is 22.7 Å². The Bertz CT molecular complexity index is 1370. The lowest BCUT2D eigenvalue weighted by atomic mass is 9.84. The van der Waals surface area contributed by atoms with Gasteiger partial charge in [-0.15, -0.1) is 0 Å². The van der Waals surface area contributed by atoms with Crippen molar-refractivity contribution in [2.45, 2.75) is 150 Å². The second-order valence-corrected chi connectivity index (χ2v) is 15.7. The molecule has 1 saturated heterocycles. The van der Waals surface area contributed by atoms with E-state index in [4.69, 9.17) is 25.9 Å². The molecule has 1 heterocycles. The number of nitrogens with two attached hydrogens (primary N) is 1. The van der Waals surface area contributed by atoms with E-state index in [2.05, 4.69) is 21.5 Å². The minimum Gasteiger partial charge on any atom is -0.496 e. The lowest BCUT2D eigenvalue weighted by Gasteiger charge is -2.36. The van der Waals surface area contributed by atoms with Gasteiger partial charge in [0.05, 0.1) is 37.1 Å². The quantitative estimate of drug-likeness (QED) is 0.0613. The third-order valence-corrected chi connectivity index (χ3v) is 10.5. The molecular formula is C41H70ClN5O8. The number of likely N-dealkylation sites (tertiary alicyclic amines) is 1. The monoisotopic (exact) mass is 795 g/mol. The first-order valence-electron chi connectivity index (χ1n) is 20.0. The molecule has 0 spiro atoms. The predicted octanol–water partition coefficient (Wildman–Crippen LogP) is 6.46. The number of methoxy groups -OCH3 is 2. The Morgan fingerprint density at radius 1 is 0.964 bits per heavy atom. The molecule has 1 aliphatic heterocycles. The number of nitrogens with zero attached hydrogens (tertiary/aromatic N) is 2. The number of carbonyl (C=O) groups excluding carboxylic acids is 4. The van der Waals surface area contributed by atoms with Gasteiger partial charge in [-0.25, -0.2) is 0 Å². The largest absolute Gasteiger partial charge is 0.496 e. The molecule has 4 amide bonds.